The van der Waals surface area contributed by atoms with Crippen molar-refractivity contribution in [1.82, 2.24) is 20.2 Å². The first-order chi connectivity index (χ1) is 26.7. The van der Waals surface area contributed by atoms with Crippen LogP contribution in [-0.2, 0) is 0 Å². The molecule has 0 radical (unpaired) electrons. The molecule has 2 aromatic heterocycles. The van der Waals surface area contributed by atoms with Crippen LogP contribution < -0.4 is 24.3 Å². The minimum atomic E-state index is -0.189. The fourth-order valence-electron chi connectivity index (χ4n) is 6.58. The summed E-state index contributed by atoms with van der Waals surface area (Å²) in [6.07, 6.45) is 4.44. The van der Waals surface area contributed by atoms with E-state index in [1.54, 1.807) is 22.7 Å². The summed E-state index contributed by atoms with van der Waals surface area (Å²) in [6, 6.07) is 27.2. The van der Waals surface area contributed by atoms with E-state index in [-0.39, 0.29) is 23.6 Å². The van der Waals surface area contributed by atoms with Crippen molar-refractivity contribution in [2.24, 2.45) is 0 Å². The number of ether oxygens (including phenoxy) is 4. The standard InChI is InChI=1S/C21H23ClN2O2S.C12H16ClNO.C9H8BrNOS.ClH/c1-21(26-17-5-3-16(22)4-6-17)9-2-10-24(14-21)11-12-25-18-7-8-20-19(13-18)23-15-27-20;1-12(7-2-8-14-9-12)15-11-5-3-10(13)4-6-11;10-3-4-12-7-1-2-9-8(5-7)11-6-13-9;/h3-8,13,15H,2,9-12,14H2,1H3;3-6,14H,2,7-9H2,1H3;1-2,5-6H,3-4H2;1H. The Morgan fingerprint density at radius 1 is 0.714 bits per heavy atom. The van der Waals surface area contributed by atoms with Crippen LogP contribution in [0.4, 0.5) is 0 Å². The summed E-state index contributed by atoms with van der Waals surface area (Å²) in [7, 11) is 0. The van der Waals surface area contributed by atoms with Gasteiger partial charge in [0.25, 0.3) is 0 Å². The number of thiazole rings is 2. The summed E-state index contributed by atoms with van der Waals surface area (Å²) in [5, 5.41) is 5.68. The Bertz CT molecular complexity index is 2070. The summed E-state index contributed by atoms with van der Waals surface area (Å²) in [4.78, 5) is 11.0. The van der Waals surface area contributed by atoms with Gasteiger partial charge in [0, 0.05) is 47.1 Å². The van der Waals surface area contributed by atoms with E-state index in [9.17, 15) is 0 Å². The van der Waals surface area contributed by atoms with E-state index in [0.717, 1.165) is 101 Å². The lowest BCUT2D eigenvalue weighted by Gasteiger charge is -2.40. The number of aromatic nitrogens is 2. The number of rotatable bonds is 11. The third-order valence-corrected chi connectivity index (χ3v) is 11.7. The number of halogens is 4. The van der Waals surface area contributed by atoms with E-state index in [0.29, 0.717) is 13.2 Å². The molecule has 4 aromatic carbocycles. The predicted octanol–water partition coefficient (Wildman–Crippen LogP) is 11.6. The average Bonchev–Trinajstić information content (AvgIpc) is 3.86. The highest BCUT2D eigenvalue weighted by molar-refractivity contribution is 9.09. The van der Waals surface area contributed by atoms with Crippen LogP contribution in [0.1, 0.15) is 39.5 Å². The topological polar surface area (TPSA) is 78.0 Å². The van der Waals surface area contributed by atoms with Crippen molar-refractivity contribution in [1.29, 1.82) is 0 Å². The van der Waals surface area contributed by atoms with Crippen LogP contribution in [0.2, 0.25) is 10.0 Å². The molecule has 2 saturated heterocycles. The molecule has 4 heterocycles. The molecular formula is C42H48BrCl3N4O4S2. The third-order valence-electron chi connectivity index (χ3n) is 9.28. The van der Waals surface area contributed by atoms with Crippen LogP contribution in [0.15, 0.2) is 96.0 Å². The van der Waals surface area contributed by atoms with Gasteiger partial charge in [0.2, 0.25) is 0 Å². The van der Waals surface area contributed by atoms with Crippen LogP contribution in [0.5, 0.6) is 23.0 Å². The predicted molar refractivity (Wildman–Crippen MR) is 240 cm³/mol. The largest absolute Gasteiger partial charge is 0.493 e. The number of nitrogens with zero attached hydrogens (tertiary/aromatic N) is 3. The number of nitrogens with one attached hydrogen (secondary N) is 1. The summed E-state index contributed by atoms with van der Waals surface area (Å²) in [6.45, 7) is 10.5. The molecule has 8 nitrogen and oxygen atoms in total. The van der Waals surface area contributed by atoms with E-state index >= 15 is 0 Å². The smallest absolute Gasteiger partial charge is 0.121 e. The number of hydrogen-bond acceptors (Lipinski definition) is 10. The average molecular weight is 923 g/mol. The molecule has 0 aliphatic carbocycles. The van der Waals surface area contributed by atoms with Crippen molar-refractivity contribution in [3.05, 3.63) is 106 Å². The van der Waals surface area contributed by atoms with Gasteiger partial charge in [-0.3, -0.25) is 4.90 Å². The van der Waals surface area contributed by atoms with E-state index in [1.807, 2.05) is 89.9 Å². The lowest BCUT2D eigenvalue weighted by Crippen LogP contribution is -2.50. The Morgan fingerprint density at radius 2 is 1.23 bits per heavy atom. The second-order valence-corrected chi connectivity index (χ2v) is 17.5. The molecule has 2 aliphatic heterocycles. The van der Waals surface area contributed by atoms with Crippen molar-refractivity contribution in [2.75, 3.05) is 51.3 Å². The maximum atomic E-state index is 6.28. The molecule has 0 amide bonds. The Morgan fingerprint density at radius 3 is 1.77 bits per heavy atom. The van der Waals surface area contributed by atoms with Crippen molar-refractivity contribution in [2.45, 2.75) is 50.7 Å². The number of likely N-dealkylation sites (tertiary alicyclic amines) is 1. The van der Waals surface area contributed by atoms with Crippen molar-refractivity contribution in [3.8, 4) is 23.0 Å². The second kappa shape index (κ2) is 21.8. The second-order valence-electron chi connectivity index (χ2n) is 14.0. The van der Waals surface area contributed by atoms with Crippen LogP contribution in [-0.4, -0.2) is 77.3 Å². The van der Waals surface area contributed by atoms with Gasteiger partial charge in [-0.15, -0.1) is 35.1 Å². The number of fused-ring (bicyclic) bond motifs is 2. The molecule has 14 heteroatoms. The Hall–Kier alpha value is -2.87. The van der Waals surface area contributed by atoms with Gasteiger partial charge in [0.05, 0.1) is 38.1 Å². The maximum absolute atomic E-state index is 6.28. The molecule has 300 valence electrons. The number of benzene rings is 4. The molecule has 1 N–H and O–H groups in total. The lowest BCUT2D eigenvalue weighted by molar-refractivity contribution is 0.00215. The number of hydrogen-bond donors (Lipinski definition) is 1. The van der Waals surface area contributed by atoms with Crippen LogP contribution >= 0.6 is 74.2 Å². The number of alkyl halides is 1. The van der Waals surface area contributed by atoms with Gasteiger partial charge in [-0.2, -0.15) is 0 Å². The van der Waals surface area contributed by atoms with Gasteiger partial charge in [0.15, 0.2) is 0 Å². The van der Waals surface area contributed by atoms with E-state index < -0.39 is 0 Å². The zero-order valence-electron chi connectivity index (χ0n) is 31.6. The molecule has 6 aromatic rings. The first-order valence-corrected chi connectivity index (χ1v) is 22.1. The quantitative estimate of drug-likeness (QED) is 0.129. The molecule has 2 atom stereocenters. The molecule has 0 spiro atoms. The zero-order chi connectivity index (χ0) is 38.5. The molecule has 2 unspecified atom stereocenters. The molecule has 2 fully saturated rings. The Kier molecular flexibility index (Phi) is 17.2. The minimum absolute atomic E-state index is 0. The van der Waals surface area contributed by atoms with Crippen LogP contribution in [0.3, 0.4) is 0 Å². The first-order valence-electron chi connectivity index (χ1n) is 18.5. The highest BCUT2D eigenvalue weighted by atomic mass is 79.9. The molecule has 2 aliphatic rings. The maximum Gasteiger partial charge on any atom is 0.121 e. The molecule has 8 rings (SSSR count). The van der Waals surface area contributed by atoms with Gasteiger partial charge in [-0.1, -0.05) is 39.1 Å². The summed E-state index contributed by atoms with van der Waals surface area (Å²) >= 11 is 18.4. The SMILES string of the molecule is BrCCOc1ccc2scnc2c1.CC1(Oc2ccc(Cl)cc2)CCCN(CCOc2ccc3scnc3c2)C1.CC1(Oc2ccc(Cl)cc2)CCCNC1.Cl. The molecule has 0 saturated carbocycles. The minimum Gasteiger partial charge on any atom is -0.493 e. The van der Waals surface area contributed by atoms with Gasteiger partial charge in [0.1, 0.15) is 40.8 Å². The van der Waals surface area contributed by atoms with Gasteiger partial charge in [-0.25, -0.2) is 9.97 Å². The summed E-state index contributed by atoms with van der Waals surface area (Å²) < 4.78 is 26.1. The van der Waals surface area contributed by atoms with Gasteiger partial charge >= 0.3 is 0 Å². The highest BCUT2D eigenvalue weighted by Crippen LogP contribution is 2.29. The monoisotopic (exact) mass is 920 g/mol. The summed E-state index contributed by atoms with van der Waals surface area (Å²) in [5.74, 6) is 3.53. The fraction of sp³-hybridized carbons (Fsp3) is 0.381. The molecule has 56 heavy (non-hydrogen) atoms. The van der Waals surface area contributed by atoms with Crippen molar-refractivity contribution >= 4 is 94.6 Å². The Balaban J connectivity index is 0.000000175. The molecular weight excluding hydrogens is 875 g/mol. The van der Waals surface area contributed by atoms with Crippen molar-refractivity contribution < 1.29 is 18.9 Å². The summed E-state index contributed by atoms with van der Waals surface area (Å²) in [5.41, 5.74) is 5.46. The van der Waals surface area contributed by atoms with Crippen LogP contribution in [0.25, 0.3) is 20.4 Å². The Labute approximate surface area is 362 Å². The van der Waals surface area contributed by atoms with E-state index in [2.05, 4.69) is 56.0 Å². The zero-order valence-corrected chi connectivity index (χ0v) is 37.1. The molecule has 0 bridgehead atoms. The fourth-order valence-corrected chi connectivity index (χ4v) is 8.31. The van der Waals surface area contributed by atoms with Crippen LogP contribution in [0, 0.1) is 0 Å². The first kappa shape index (κ1) is 44.2. The van der Waals surface area contributed by atoms with Gasteiger partial charge < -0.3 is 24.3 Å². The van der Waals surface area contributed by atoms with E-state index in [1.165, 1.54) is 15.8 Å². The van der Waals surface area contributed by atoms with Gasteiger partial charge in [-0.05, 0) is 125 Å². The lowest BCUT2D eigenvalue weighted by atomic mass is 9.94. The van der Waals surface area contributed by atoms with E-state index in [4.69, 9.17) is 42.1 Å². The van der Waals surface area contributed by atoms with Crippen molar-refractivity contribution in [3.63, 3.8) is 0 Å². The normalized spacial score (nSPS) is 19.4. The highest BCUT2D eigenvalue weighted by Gasteiger charge is 2.33. The third kappa shape index (κ3) is 13.6. The number of piperidine rings is 2.